The normalized spacial score (nSPS) is 14.5. The van der Waals surface area contributed by atoms with Crippen molar-refractivity contribution < 1.29 is 9.59 Å². The highest BCUT2D eigenvalue weighted by molar-refractivity contribution is 8.00. The third kappa shape index (κ3) is 3.77. The standard InChI is InChI=1S/C21H21N3O2S2/c1-12(27-17-11-10-13-6-2-4-8-15(13)23-17)20(26)24-21-18(19(22)25)14-7-3-5-9-16(14)28-21/h2,4,6,8,10-12H,3,5,7,9H2,1H3,(H2,22,25)(H,24,26). The molecule has 4 rings (SSSR count). The van der Waals surface area contributed by atoms with Crippen molar-refractivity contribution in [1.29, 1.82) is 0 Å². The first-order valence-electron chi connectivity index (χ1n) is 9.30. The second kappa shape index (κ2) is 7.93. The van der Waals surface area contributed by atoms with E-state index in [1.54, 1.807) is 0 Å². The summed E-state index contributed by atoms with van der Waals surface area (Å²) in [7, 11) is 0. The molecule has 144 valence electrons. The van der Waals surface area contributed by atoms with Gasteiger partial charge >= 0.3 is 0 Å². The second-order valence-electron chi connectivity index (χ2n) is 6.87. The molecule has 0 aliphatic heterocycles. The van der Waals surface area contributed by atoms with Gasteiger partial charge in [-0.3, -0.25) is 9.59 Å². The van der Waals surface area contributed by atoms with E-state index in [0.29, 0.717) is 10.6 Å². The maximum atomic E-state index is 12.8. The Morgan fingerprint density at radius 2 is 1.96 bits per heavy atom. The van der Waals surface area contributed by atoms with Crippen LogP contribution in [-0.2, 0) is 17.6 Å². The van der Waals surface area contributed by atoms with E-state index in [1.807, 2.05) is 43.3 Å². The molecule has 3 aromatic rings. The molecule has 1 aliphatic rings. The summed E-state index contributed by atoms with van der Waals surface area (Å²) in [5.74, 6) is -0.618. The molecule has 2 heterocycles. The first-order chi connectivity index (χ1) is 13.5. The lowest BCUT2D eigenvalue weighted by molar-refractivity contribution is -0.115. The highest BCUT2D eigenvalue weighted by atomic mass is 32.2. The van der Waals surface area contributed by atoms with Crippen LogP contribution in [0.1, 0.15) is 40.6 Å². The van der Waals surface area contributed by atoms with Crippen LogP contribution >= 0.6 is 23.1 Å². The molecule has 2 amide bonds. The summed E-state index contributed by atoms with van der Waals surface area (Å²) < 4.78 is 0. The third-order valence-electron chi connectivity index (χ3n) is 4.89. The molecule has 28 heavy (non-hydrogen) atoms. The number of aromatic nitrogens is 1. The van der Waals surface area contributed by atoms with E-state index in [2.05, 4.69) is 10.3 Å². The van der Waals surface area contributed by atoms with Gasteiger partial charge in [-0.2, -0.15) is 0 Å². The van der Waals surface area contributed by atoms with E-state index in [1.165, 1.54) is 28.0 Å². The highest BCUT2D eigenvalue weighted by Crippen LogP contribution is 2.38. The van der Waals surface area contributed by atoms with Gasteiger partial charge in [0.05, 0.1) is 21.4 Å². The molecule has 0 radical (unpaired) electrons. The summed E-state index contributed by atoms with van der Waals surface area (Å²) >= 11 is 2.89. The number of para-hydroxylation sites is 1. The summed E-state index contributed by atoms with van der Waals surface area (Å²) in [6.45, 7) is 1.84. The number of carbonyl (C=O) groups excluding carboxylic acids is 2. The van der Waals surface area contributed by atoms with Crippen molar-refractivity contribution in [3.8, 4) is 0 Å². The van der Waals surface area contributed by atoms with Crippen LogP contribution in [0.25, 0.3) is 10.9 Å². The number of fused-ring (bicyclic) bond motifs is 2. The van der Waals surface area contributed by atoms with Crippen molar-refractivity contribution in [1.82, 2.24) is 4.98 Å². The number of hydrogen-bond acceptors (Lipinski definition) is 5. The Hall–Kier alpha value is -2.38. The number of anilines is 1. The van der Waals surface area contributed by atoms with Crippen molar-refractivity contribution in [3.63, 3.8) is 0 Å². The number of nitrogens with zero attached hydrogens (tertiary/aromatic N) is 1. The molecule has 0 saturated heterocycles. The van der Waals surface area contributed by atoms with Crippen molar-refractivity contribution >= 4 is 50.8 Å². The third-order valence-corrected chi connectivity index (χ3v) is 7.14. The fraction of sp³-hybridized carbons (Fsp3) is 0.286. The maximum absolute atomic E-state index is 12.8. The zero-order valence-corrected chi connectivity index (χ0v) is 17.2. The van der Waals surface area contributed by atoms with Crippen molar-refractivity contribution in [3.05, 3.63) is 52.4 Å². The van der Waals surface area contributed by atoms with Crippen molar-refractivity contribution in [2.45, 2.75) is 42.9 Å². The largest absolute Gasteiger partial charge is 0.365 e. The number of thiophene rings is 1. The van der Waals surface area contributed by atoms with Crippen LogP contribution in [0, 0.1) is 0 Å². The average molecular weight is 412 g/mol. The van der Waals surface area contributed by atoms with Gasteiger partial charge in [-0.05, 0) is 50.3 Å². The Bertz CT molecular complexity index is 1060. The van der Waals surface area contributed by atoms with Gasteiger partial charge in [0.15, 0.2) is 0 Å². The van der Waals surface area contributed by atoms with E-state index >= 15 is 0 Å². The van der Waals surface area contributed by atoms with Gasteiger partial charge in [-0.15, -0.1) is 11.3 Å². The molecule has 1 aliphatic carbocycles. The molecular formula is C21H21N3O2S2. The Labute approximate surface area is 171 Å². The SMILES string of the molecule is CC(Sc1ccc2ccccc2n1)C(=O)Nc1sc2c(c1C(N)=O)CCCC2. The van der Waals surface area contributed by atoms with Crippen LogP contribution in [0.5, 0.6) is 0 Å². The van der Waals surface area contributed by atoms with E-state index in [-0.39, 0.29) is 11.2 Å². The fourth-order valence-corrected chi connectivity index (χ4v) is 5.60. The quantitative estimate of drug-likeness (QED) is 0.610. The van der Waals surface area contributed by atoms with Crippen LogP contribution in [0.4, 0.5) is 5.00 Å². The number of nitrogens with two attached hydrogens (primary N) is 1. The number of amides is 2. The zero-order valence-electron chi connectivity index (χ0n) is 15.5. The van der Waals surface area contributed by atoms with Gasteiger partial charge in [0.1, 0.15) is 5.00 Å². The van der Waals surface area contributed by atoms with Crippen LogP contribution in [0.3, 0.4) is 0 Å². The number of rotatable bonds is 5. The minimum absolute atomic E-state index is 0.152. The minimum Gasteiger partial charge on any atom is -0.365 e. The Kier molecular flexibility index (Phi) is 5.37. The Morgan fingerprint density at radius 3 is 2.79 bits per heavy atom. The van der Waals surface area contributed by atoms with Crippen LogP contribution < -0.4 is 11.1 Å². The Morgan fingerprint density at radius 1 is 1.18 bits per heavy atom. The summed E-state index contributed by atoms with van der Waals surface area (Å²) in [5, 5.41) is 5.03. The number of thioether (sulfide) groups is 1. The maximum Gasteiger partial charge on any atom is 0.251 e. The number of carbonyl (C=O) groups is 2. The molecule has 5 nitrogen and oxygen atoms in total. The number of nitrogens with one attached hydrogen (secondary N) is 1. The lowest BCUT2D eigenvalue weighted by atomic mass is 9.95. The van der Waals surface area contributed by atoms with E-state index in [9.17, 15) is 9.59 Å². The van der Waals surface area contributed by atoms with Crippen LogP contribution in [0.15, 0.2) is 41.4 Å². The van der Waals surface area contributed by atoms with Gasteiger partial charge in [0.25, 0.3) is 5.91 Å². The Balaban J connectivity index is 1.51. The summed E-state index contributed by atoms with van der Waals surface area (Å²) in [5.41, 5.74) is 8.04. The topological polar surface area (TPSA) is 85.1 Å². The molecule has 1 atom stereocenters. The molecular weight excluding hydrogens is 390 g/mol. The predicted octanol–water partition coefficient (Wildman–Crippen LogP) is 4.39. The molecule has 1 aromatic carbocycles. The van der Waals surface area contributed by atoms with E-state index < -0.39 is 5.91 Å². The molecule has 0 spiro atoms. The first kappa shape index (κ1) is 19.0. The predicted molar refractivity (Wildman–Crippen MR) is 115 cm³/mol. The van der Waals surface area contributed by atoms with Gasteiger partial charge < -0.3 is 11.1 Å². The van der Waals surface area contributed by atoms with Gasteiger partial charge in [0, 0.05) is 10.3 Å². The van der Waals surface area contributed by atoms with Crippen LogP contribution in [0.2, 0.25) is 0 Å². The number of aryl methyl sites for hydroxylation is 1. The molecule has 0 fully saturated rings. The summed E-state index contributed by atoms with van der Waals surface area (Å²) in [4.78, 5) is 30.5. The second-order valence-corrected chi connectivity index (χ2v) is 9.34. The van der Waals surface area contributed by atoms with E-state index in [0.717, 1.165) is 47.2 Å². The van der Waals surface area contributed by atoms with E-state index in [4.69, 9.17) is 5.73 Å². The number of hydrogen-bond donors (Lipinski definition) is 2. The average Bonchev–Trinajstić information content (AvgIpc) is 3.05. The lowest BCUT2D eigenvalue weighted by Crippen LogP contribution is -2.24. The summed E-state index contributed by atoms with van der Waals surface area (Å²) in [6.07, 6.45) is 3.96. The number of pyridine rings is 1. The zero-order chi connectivity index (χ0) is 19.7. The lowest BCUT2D eigenvalue weighted by Gasteiger charge is -2.12. The monoisotopic (exact) mass is 411 g/mol. The molecule has 0 saturated carbocycles. The van der Waals surface area contributed by atoms with Crippen molar-refractivity contribution in [2.24, 2.45) is 5.73 Å². The van der Waals surface area contributed by atoms with Gasteiger partial charge in [-0.25, -0.2) is 4.98 Å². The molecule has 2 aromatic heterocycles. The first-order valence-corrected chi connectivity index (χ1v) is 11.0. The fourth-order valence-electron chi connectivity index (χ4n) is 3.48. The summed E-state index contributed by atoms with van der Waals surface area (Å²) in [6, 6.07) is 11.8. The number of primary amides is 1. The smallest absolute Gasteiger partial charge is 0.251 e. The molecule has 3 N–H and O–H groups in total. The minimum atomic E-state index is -0.466. The molecule has 0 bridgehead atoms. The number of benzene rings is 1. The molecule has 7 heteroatoms. The van der Waals surface area contributed by atoms with Crippen molar-refractivity contribution in [2.75, 3.05) is 5.32 Å². The van der Waals surface area contributed by atoms with Gasteiger partial charge in [0.2, 0.25) is 5.91 Å². The molecule has 1 unspecified atom stereocenters. The van der Waals surface area contributed by atoms with Gasteiger partial charge in [-0.1, -0.05) is 36.0 Å². The van der Waals surface area contributed by atoms with Crippen LogP contribution in [-0.4, -0.2) is 22.0 Å². The highest BCUT2D eigenvalue weighted by Gasteiger charge is 2.26.